The van der Waals surface area contributed by atoms with Crippen LogP contribution in [0.1, 0.15) is 20.8 Å². The van der Waals surface area contributed by atoms with Crippen molar-refractivity contribution >= 4 is 29.1 Å². The molecule has 0 amide bonds. The molecule has 0 spiro atoms. The standard InChI is InChI=1S/C14H18ClN5O/c1-14(2,3)19-12-8-16-20-13(18-12)17-9-5-6-11(21-4)10(15)7-9/h5-8H,1-4H3,(H2,17,18,19,20). The van der Waals surface area contributed by atoms with Gasteiger partial charge in [0.05, 0.1) is 18.3 Å². The highest BCUT2D eigenvalue weighted by atomic mass is 35.5. The van der Waals surface area contributed by atoms with Gasteiger partial charge in [-0.25, -0.2) is 0 Å². The third-order valence-electron chi connectivity index (χ3n) is 2.47. The summed E-state index contributed by atoms with van der Waals surface area (Å²) in [6, 6.07) is 5.35. The molecule has 0 aliphatic rings. The Morgan fingerprint density at radius 3 is 2.62 bits per heavy atom. The van der Waals surface area contributed by atoms with Gasteiger partial charge in [0.2, 0.25) is 5.95 Å². The summed E-state index contributed by atoms with van der Waals surface area (Å²) in [7, 11) is 1.57. The van der Waals surface area contributed by atoms with E-state index in [1.807, 2.05) is 26.8 Å². The van der Waals surface area contributed by atoms with Crippen LogP contribution in [0.15, 0.2) is 24.4 Å². The second-order valence-corrected chi connectivity index (χ2v) is 5.92. The Labute approximate surface area is 128 Å². The van der Waals surface area contributed by atoms with Gasteiger partial charge in [0, 0.05) is 11.2 Å². The number of nitrogens with zero attached hydrogens (tertiary/aromatic N) is 3. The lowest BCUT2D eigenvalue weighted by atomic mass is 10.1. The first-order valence-electron chi connectivity index (χ1n) is 6.46. The van der Waals surface area contributed by atoms with Crippen molar-refractivity contribution in [2.75, 3.05) is 17.7 Å². The summed E-state index contributed by atoms with van der Waals surface area (Å²) in [5.41, 5.74) is 0.659. The maximum absolute atomic E-state index is 6.08. The topological polar surface area (TPSA) is 72.0 Å². The Morgan fingerprint density at radius 2 is 2.00 bits per heavy atom. The van der Waals surface area contributed by atoms with Gasteiger partial charge < -0.3 is 15.4 Å². The molecule has 0 aliphatic heterocycles. The predicted octanol–water partition coefficient (Wildman–Crippen LogP) is 3.49. The molecule has 0 fully saturated rings. The molecule has 0 saturated carbocycles. The van der Waals surface area contributed by atoms with Crippen LogP contribution in [-0.4, -0.2) is 27.8 Å². The first-order valence-corrected chi connectivity index (χ1v) is 6.84. The summed E-state index contributed by atoms with van der Waals surface area (Å²) in [6.45, 7) is 6.14. The van der Waals surface area contributed by atoms with Crippen molar-refractivity contribution in [3.8, 4) is 5.75 Å². The minimum Gasteiger partial charge on any atom is -0.495 e. The van der Waals surface area contributed by atoms with E-state index in [1.165, 1.54) is 0 Å². The number of nitrogens with one attached hydrogen (secondary N) is 2. The maximum Gasteiger partial charge on any atom is 0.249 e. The van der Waals surface area contributed by atoms with E-state index in [-0.39, 0.29) is 5.54 Å². The van der Waals surface area contributed by atoms with Crippen molar-refractivity contribution in [1.29, 1.82) is 0 Å². The second-order valence-electron chi connectivity index (χ2n) is 5.51. The quantitative estimate of drug-likeness (QED) is 0.901. The van der Waals surface area contributed by atoms with E-state index >= 15 is 0 Å². The summed E-state index contributed by atoms with van der Waals surface area (Å²) >= 11 is 6.08. The van der Waals surface area contributed by atoms with E-state index in [4.69, 9.17) is 16.3 Å². The van der Waals surface area contributed by atoms with Crippen LogP contribution in [0.3, 0.4) is 0 Å². The molecule has 1 aromatic heterocycles. The highest BCUT2D eigenvalue weighted by Crippen LogP contribution is 2.28. The Morgan fingerprint density at radius 1 is 1.24 bits per heavy atom. The largest absolute Gasteiger partial charge is 0.495 e. The lowest BCUT2D eigenvalue weighted by molar-refractivity contribution is 0.415. The van der Waals surface area contributed by atoms with E-state index in [0.717, 1.165) is 5.69 Å². The van der Waals surface area contributed by atoms with Gasteiger partial charge in [-0.2, -0.15) is 10.1 Å². The van der Waals surface area contributed by atoms with Gasteiger partial charge in [0.25, 0.3) is 0 Å². The van der Waals surface area contributed by atoms with Gasteiger partial charge in [-0.15, -0.1) is 5.10 Å². The molecule has 0 atom stereocenters. The number of halogens is 1. The zero-order valence-electron chi connectivity index (χ0n) is 12.4. The first-order chi connectivity index (χ1) is 9.87. The fraction of sp³-hybridized carbons (Fsp3) is 0.357. The van der Waals surface area contributed by atoms with Crippen LogP contribution in [0.25, 0.3) is 0 Å². The lowest BCUT2D eigenvalue weighted by Gasteiger charge is -2.20. The fourth-order valence-corrected chi connectivity index (χ4v) is 1.93. The van der Waals surface area contributed by atoms with Crippen LogP contribution in [0.4, 0.5) is 17.5 Å². The van der Waals surface area contributed by atoms with Crippen LogP contribution >= 0.6 is 11.6 Å². The van der Waals surface area contributed by atoms with Gasteiger partial charge in [-0.3, -0.25) is 0 Å². The van der Waals surface area contributed by atoms with E-state index in [2.05, 4.69) is 25.8 Å². The monoisotopic (exact) mass is 307 g/mol. The Bertz CT molecular complexity index is 627. The number of rotatable bonds is 4. The van der Waals surface area contributed by atoms with Gasteiger partial charge in [-0.05, 0) is 39.0 Å². The van der Waals surface area contributed by atoms with Crippen LogP contribution in [0.2, 0.25) is 5.02 Å². The molecule has 1 heterocycles. The average Bonchev–Trinajstić information content (AvgIpc) is 2.37. The Hall–Kier alpha value is -2.08. The van der Waals surface area contributed by atoms with E-state index in [0.29, 0.717) is 22.5 Å². The number of ether oxygens (including phenoxy) is 1. The summed E-state index contributed by atoms with van der Waals surface area (Å²) in [4.78, 5) is 4.36. The zero-order valence-corrected chi connectivity index (χ0v) is 13.2. The van der Waals surface area contributed by atoms with Crippen LogP contribution < -0.4 is 15.4 Å². The third-order valence-corrected chi connectivity index (χ3v) is 2.77. The van der Waals surface area contributed by atoms with Gasteiger partial charge in [-0.1, -0.05) is 11.6 Å². The average molecular weight is 308 g/mol. The number of aromatic nitrogens is 3. The van der Waals surface area contributed by atoms with Crippen molar-refractivity contribution in [3.05, 3.63) is 29.4 Å². The minimum absolute atomic E-state index is 0.100. The third kappa shape index (κ3) is 4.46. The molecule has 112 valence electrons. The molecule has 0 unspecified atom stereocenters. The van der Waals surface area contributed by atoms with E-state index in [9.17, 15) is 0 Å². The molecule has 2 aromatic rings. The summed E-state index contributed by atoms with van der Waals surface area (Å²) < 4.78 is 5.11. The number of hydrogen-bond donors (Lipinski definition) is 2. The molecule has 21 heavy (non-hydrogen) atoms. The van der Waals surface area contributed by atoms with Crippen LogP contribution in [0, 0.1) is 0 Å². The molecular weight excluding hydrogens is 290 g/mol. The van der Waals surface area contributed by atoms with Gasteiger partial charge in [0.15, 0.2) is 5.82 Å². The maximum atomic E-state index is 6.08. The fourth-order valence-electron chi connectivity index (χ4n) is 1.67. The molecule has 6 nitrogen and oxygen atoms in total. The van der Waals surface area contributed by atoms with E-state index < -0.39 is 0 Å². The first kappa shape index (κ1) is 15.3. The highest BCUT2D eigenvalue weighted by molar-refractivity contribution is 6.32. The van der Waals surface area contributed by atoms with Crippen molar-refractivity contribution in [1.82, 2.24) is 15.2 Å². The van der Waals surface area contributed by atoms with Crippen molar-refractivity contribution in [3.63, 3.8) is 0 Å². The predicted molar refractivity (Wildman–Crippen MR) is 84.5 cm³/mol. The molecule has 7 heteroatoms. The summed E-state index contributed by atoms with van der Waals surface area (Å²) in [6.07, 6.45) is 1.58. The van der Waals surface area contributed by atoms with Crippen molar-refractivity contribution < 1.29 is 4.74 Å². The van der Waals surface area contributed by atoms with E-state index in [1.54, 1.807) is 25.4 Å². The Kier molecular flexibility index (Phi) is 4.47. The Balaban J connectivity index is 2.16. The smallest absolute Gasteiger partial charge is 0.249 e. The zero-order chi connectivity index (χ0) is 15.5. The van der Waals surface area contributed by atoms with Crippen LogP contribution in [0.5, 0.6) is 5.75 Å². The second kappa shape index (κ2) is 6.13. The number of methoxy groups -OCH3 is 1. The molecular formula is C14H18ClN5O. The highest BCUT2D eigenvalue weighted by Gasteiger charge is 2.11. The minimum atomic E-state index is -0.100. The summed E-state index contributed by atoms with van der Waals surface area (Å²) in [5, 5.41) is 14.7. The number of anilines is 3. The van der Waals surface area contributed by atoms with Gasteiger partial charge in [0.1, 0.15) is 5.75 Å². The lowest BCUT2D eigenvalue weighted by Crippen LogP contribution is -2.27. The normalized spacial score (nSPS) is 11.1. The SMILES string of the molecule is COc1ccc(Nc2nncc(NC(C)(C)C)n2)cc1Cl. The number of benzene rings is 1. The van der Waals surface area contributed by atoms with Crippen molar-refractivity contribution in [2.24, 2.45) is 0 Å². The molecule has 1 aromatic carbocycles. The molecule has 0 bridgehead atoms. The molecule has 2 N–H and O–H groups in total. The molecule has 2 rings (SSSR count). The molecule has 0 saturated heterocycles. The molecule has 0 radical (unpaired) electrons. The van der Waals surface area contributed by atoms with Gasteiger partial charge >= 0.3 is 0 Å². The molecule has 0 aliphatic carbocycles. The van der Waals surface area contributed by atoms with Crippen LogP contribution in [-0.2, 0) is 0 Å². The number of hydrogen-bond acceptors (Lipinski definition) is 6. The summed E-state index contributed by atoms with van der Waals surface area (Å²) in [5.74, 6) is 1.66. The van der Waals surface area contributed by atoms with Crippen molar-refractivity contribution in [2.45, 2.75) is 26.3 Å².